The van der Waals surface area contributed by atoms with Gasteiger partial charge >= 0.3 is 8.09 Å². The second-order valence-electron chi connectivity index (χ2n) is 13.1. The smallest absolute Gasteiger partial charge is 0.411 e. The molecule has 13 heteroatoms. The van der Waals surface area contributed by atoms with Gasteiger partial charge in [-0.25, -0.2) is 18.1 Å². The average molecular weight is 724 g/mol. The van der Waals surface area contributed by atoms with Crippen molar-refractivity contribution in [1.82, 2.24) is 34.7 Å². The van der Waals surface area contributed by atoms with Crippen LogP contribution in [0.1, 0.15) is 12.8 Å². The van der Waals surface area contributed by atoms with Crippen LogP contribution in [0.3, 0.4) is 0 Å². The Morgan fingerprint density at radius 2 is 1.02 bits per heavy atom. The van der Waals surface area contributed by atoms with Crippen LogP contribution in [0.5, 0.6) is 11.5 Å². The maximum Gasteiger partial charge on any atom is 0.411 e. The molecular weight excluding hydrogens is 695 g/mol. The number of hydrogen-bond acceptors (Lipinski definition) is 8. The fourth-order valence-electron chi connectivity index (χ4n) is 7.25. The van der Waals surface area contributed by atoms with Crippen molar-refractivity contribution in [3.8, 4) is 56.5 Å². The van der Waals surface area contributed by atoms with Crippen LogP contribution in [0.25, 0.3) is 66.6 Å². The monoisotopic (exact) mass is 723 g/mol. The molecule has 0 N–H and O–H groups in total. The summed E-state index contributed by atoms with van der Waals surface area (Å²) in [6, 6.07) is 31.8. The predicted octanol–water partition coefficient (Wildman–Crippen LogP) is 8.34. The molecule has 0 amide bonds. The van der Waals surface area contributed by atoms with Crippen LogP contribution < -0.4 is 13.9 Å². The van der Waals surface area contributed by atoms with Crippen molar-refractivity contribution < 1.29 is 22.7 Å². The lowest BCUT2D eigenvalue weighted by Crippen LogP contribution is -2.36. The van der Waals surface area contributed by atoms with Crippen LogP contribution in [0, 0.1) is 11.6 Å². The van der Waals surface area contributed by atoms with Crippen LogP contribution >= 0.6 is 8.09 Å². The van der Waals surface area contributed by atoms with E-state index in [0.29, 0.717) is 69.6 Å². The third-order valence-corrected chi connectivity index (χ3v) is 11.7. The summed E-state index contributed by atoms with van der Waals surface area (Å²) in [5.41, 5.74) is 4.69. The van der Waals surface area contributed by atoms with Gasteiger partial charge in [0.15, 0.2) is 11.5 Å². The van der Waals surface area contributed by atoms with Crippen LogP contribution in [0.4, 0.5) is 8.78 Å². The van der Waals surface area contributed by atoms with Gasteiger partial charge in [-0.3, -0.25) is 9.05 Å². The highest BCUT2D eigenvalue weighted by atomic mass is 31.2. The lowest BCUT2D eigenvalue weighted by atomic mass is 9.88. The van der Waals surface area contributed by atoms with Crippen molar-refractivity contribution in [1.29, 1.82) is 0 Å². The minimum absolute atomic E-state index is 0.348. The highest BCUT2D eigenvalue weighted by Crippen LogP contribution is 2.66. The van der Waals surface area contributed by atoms with Crippen LogP contribution in [0.2, 0.25) is 0 Å². The van der Waals surface area contributed by atoms with Crippen molar-refractivity contribution in [3.05, 3.63) is 133 Å². The molecule has 6 aromatic carbocycles. The average Bonchev–Trinajstić information content (AvgIpc) is 3.98. The van der Waals surface area contributed by atoms with E-state index in [0.717, 1.165) is 34.4 Å². The molecule has 0 radical (unpaired) electrons. The first-order chi connectivity index (χ1) is 25.9. The molecule has 4 heterocycles. The third kappa shape index (κ3) is 5.33. The summed E-state index contributed by atoms with van der Waals surface area (Å²) in [5.74, 6) is -0.0197. The standard InChI is InChI=1S/C40H28F2N7O3P/c41-27-11-15-29(16-12-27)48-23-35(43-45-48)33-21-25-7-1-3-9-31(25)37-38-32-10-4-2-8-26(32)22-34(36-24-49(46-44-36)30-17-13-28(42)14-18-30)40(38)52-53(50,51-39(33)37)47-19-5-6-20-47/h1-4,7-18,21-24H,5-6,19-20H2. The molecule has 53 heavy (non-hydrogen) atoms. The predicted molar refractivity (Wildman–Crippen MR) is 196 cm³/mol. The highest BCUT2D eigenvalue weighted by Gasteiger charge is 2.49. The van der Waals surface area contributed by atoms with E-state index >= 15 is 4.89 Å². The minimum Gasteiger partial charge on any atom is -0.601 e. The summed E-state index contributed by atoms with van der Waals surface area (Å²) in [6.07, 6.45) is 5.17. The van der Waals surface area contributed by atoms with E-state index < -0.39 is 8.09 Å². The number of halogens is 2. The van der Waals surface area contributed by atoms with Gasteiger partial charge in [0.25, 0.3) is 0 Å². The maximum absolute atomic E-state index is 15.5. The Labute approximate surface area is 302 Å². The zero-order valence-electron chi connectivity index (χ0n) is 27.9. The van der Waals surface area contributed by atoms with Crippen molar-refractivity contribution in [2.75, 3.05) is 13.1 Å². The van der Waals surface area contributed by atoms with Gasteiger partial charge in [-0.05, 0) is 95.1 Å². The van der Waals surface area contributed by atoms with Gasteiger partial charge < -0.3 is 4.89 Å². The molecule has 10 nitrogen and oxygen atoms in total. The molecule has 2 aliphatic rings. The van der Waals surface area contributed by atoms with Gasteiger partial charge in [0.05, 0.1) is 34.9 Å². The Morgan fingerprint density at radius 1 is 0.585 bits per heavy atom. The van der Waals surface area contributed by atoms with E-state index in [1.807, 2.05) is 60.7 Å². The van der Waals surface area contributed by atoms with Crippen LogP contribution in [0.15, 0.2) is 122 Å². The van der Waals surface area contributed by atoms with Gasteiger partial charge in [-0.15, -0.1) is 14.9 Å². The minimum atomic E-state index is -4.09. The lowest BCUT2D eigenvalue weighted by Gasteiger charge is -2.32. The molecule has 1 saturated heterocycles. The first-order valence-electron chi connectivity index (χ1n) is 17.2. The molecule has 0 saturated carbocycles. The van der Waals surface area contributed by atoms with E-state index in [4.69, 9.17) is 9.05 Å². The van der Waals surface area contributed by atoms with Crippen LogP contribution in [-0.4, -0.2) is 47.7 Å². The van der Waals surface area contributed by atoms with Crippen molar-refractivity contribution in [2.24, 2.45) is 0 Å². The van der Waals surface area contributed by atoms with Gasteiger partial charge in [0.2, 0.25) is 0 Å². The quantitative estimate of drug-likeness (QED) is 0.163. The molecule has 0 atom stereocenters. The SMILES string of the molecule is [O-][P+]1(N2CCCC2)Oc2c(-c3cn(-c4ccc(F)cc4)nn3)cc3ccccc3c2-c2c(c(-c3cn(-c4ccc(F)cc4)nn3)cc3ccccc23)O1. The third-order valence-electron chi connectivity index (χ3n) is 9.82. The zero-order chi connectivity index (χ0) is 35.7. The van der Waals surface area contributed by atoms with Crippen molar-refractivity contribution in [2.45, 2.75) is 12.8 Å². The molecule has 0 spiro atoms. The fourth-order valence-corrected chi connectivity index (χ4v) is 9.13. The molecule has 260 valence electrons. The van der Waals surface area contributed by atoms with Crippen molar-refractivity contribution >= 4 is 29.6 Å². The van der Waals surface area contributed by atoms with E-state index in [-0.39, 0.29) is 11.6 Å². The second kappa shape index (κ2) is 12.3. The Hall–Kier alpha value is -6.07. The van der Waals surface area contributed by atoms with E-state index in [1.54, 1.807) is 50.7 Å². The lowest BCUT2D eigenvalue weighted by molar-refractivity contribution is -0.216. The molecule has 8 aromatic rings. The Morgan fingerprint density at radius 3 is 1.47 bits per heavy atom. The summed E-state index contributed by atoms with van der Waals surface area (Å²) < 4.78 is 46.1. The first kappa shape index (κ1) is 31.6. The Balaban J connectivity index is 1.27. The van der Waals surface area contributed by atoms with Crippen molar-refractivity contribution in [3.63, 3.8) is 0 Å². The molecule has 0 aliphatic carbocycles. The van der Waals surface area contributed by atoms with E-state index in [2.05, 4.69) is 20.6 Å². The van der Waals surface area contributed by atoms with E-state index in [9.17, 15) is 8.78 Å². The summed E-state index contributed by atoms with van der Waals surface area (Å²) in [7, 11) is -4.09. The summed E-state index contributed by atoms with van der Waals surface area (Å²) in [6.45, 7) is 1.05. The first-order valence-corrected chi connectivity index (χ1v) is 18.7. The number of benzene rings is 6. The maximum atomic E-state index is 15.5. The molecule has 0 unspecified atom stereocenters. The normalized spacial score (nSPS) is 15.2. The summed E-state index contributed by atoms with van der Waals surface area (Å²) >= 11 is 0. The largest absolute Gasteiger partial charge is 0.601 e. The van der Waals surface area contributed by atoms with E-state index in [1.165, 1.54) is 24.3 Å². The Kier molecular flexibility index (Phi) is 7.33. The Bertz CT molecular complexity index is 2520. The number of aromatic nitrogens is 6. The fraction of sp³-hybridized carbons (Fsp3) is 0.100. The molecule has 10 rings (SSSR count). The molecular formula is C40H28F2N7O3P. The zero-order valence-corrected chi connectivity index (χ0v) is 28.8. The second-order valence-corrected chi connectivity index (χ2v) is 14.9. The summed E-state index contributed by atoms with van der Waals surface area (Å²) in [5, 5.41) is 21.3. The highest BCUT2D eigenvalue weighted by molar-refractivity contribution is 7.57. The topological polar surface area (TPSA) is 106 Å². The van der Waals surface area contributed by atoms with Crippen LogP contribution in [-0.2, 0) is 0 Å². The molecule has 2 aromatic heterocycles. The van der Waals surface area contributed by atoms with Gasteiger partial charge in [-0.1, -0.05) is 59.0 Å². The molecule has 2 aliphatic heterocycles. The number of fused-ring (bicyclic) bond motifs is 7. The van der Waals surface area contributed by atoms with Gasteiger partial charge in [0, 0.05) is 24.2 Å². The molecule has 1 fully saturated rings. The van der Waals surface area contributed by atoms with Gasteiger partial charge in [0.1, 0.15) is 23.0 Å². The van der Waals surface area contributed by atoms with Gasteiger partial charge in [-0.2, -0.15) is 0 Å². The number of hydrogen-bond donors (Lipinski definition) is 0. The molecule has 0 bridgehead atoms. The number of rotatable bonds is 5. The number of nitrogens with zero attached hydrogens (tertiary/aromatic N) is 7. The summed E-state index contributed by atoms with van der Waals surface area (Å²) in [4.78, 5) is 15.5.